The first-order chi connectivity index (χ1) is 18.3. The van der Waals surface area contributed by atoms with Gasteiger partial charge in [0.25, 0.3) is 5.91 Å². The Morgan fingerprint density at radius 2 is 1.82 bits per heavy atom. The van der Waals surface area contributed by atoms with E-state index in [1.807, 2.05) is 13.8 Å². The van der Waals surface area contributed by atoms with E-state index in [4.69, 9.17) is 0 Å². The second-order valence-electron chi connectivity index (χ2n) is 9.74. The van der Waals surface area contributed by atoms with Crippen molar-refractivity contribution < 1.29 is 30.8 Å². The molecule has 1 N–H and O–H groups in total. The molecule has 1 aliphatic heterocycles. The highest BCUT2D eigenvalue weighted by Crippen LogP contribution is 2.39. The molecule has 0 spiro atoms. The van der Waals surface area contributed by atoms with Crippen molar-refractivity contribution in [2.45, 2.75) is 57.5 Å². The number of hydrogen-bond donors (Lipinski definition) is 1. The van der Waals surface area contributed by atoms with Crippen LogP contribution in [0.1, 0.15) is 65.2 Å². The highest BCUT2D eigenvalue weighted by atomic mass is 32.2. The molecular weight excluding hydrogens is 536 g/mol. The van der Waals surface area contributed by atoms with Crippen molar-refractivity contribution >= 4 is 15.7 Å². The van der Waals surface area contributed by atoms with E-state index in [0.717, 1.165) is 41.2 Å². The van der Waals surface area contributed by atoms with Crippen LogP contribution in [0.25, 0.3) is 0 Å². The van der Waals surface area contributed by atoms with E-state index >= 15 is 0 Å². The highest BCUT2D eigenvalue weighted by molar-refractivity contribution is 7.91. The lowest BCUT2D eigenvalue weighted by atomic mass is 9.99. The van der Waals surface area contributed by atoms with Gasteiger partial charge in [0.15, 0.2) is 9.84 Å². The van der Waals surface area contributed by atoms with Crippen molar-refractivity contribution in [1.29, 1.82) is 0 Å². The van der Waals surface area contributed by atoms with Gasteiger partial charge in [-0.1, -0.05) is 32.9 Å². The lowest BCUT2D eigenvalue weighted by Gasteiger charge is -2.27. The summed E-state index contributed by atoms with van der Waals surface area (Å²) in [5, 5.41) is 2.59. The summed E-state index contributed by atoms with van der Waals surface area (Å²) in [5.41, 5.74) is 1.81. The summed E-state index contributed by atoms with van der Waals surface area (Å²) in [6.07, 6.45) is -1.89. The Kier molecular flexibility index (Phi) is 8.08. The molecule has 7 nitrogen and oxygen atoms in total. The van der Waals surface area contributed by atoms with Crippen molar-refractivity contribution in [3.63, 3.8) is 0 Å². The first-order valence-electron chi connectivity index (χ1n) is 12.3. The van der Waals surface area contributed by atoms with Crippen LogP contribution in [0.5, 0.6) is 0 Å². The molecule has 2 aromatic heterocycles. The molecule has 0 saturated heterocycles. The number of nitrogens with zero attached hydrogens (tertiary/aromatic N) is 3. The summed E-state index contributed by atoms with van der Waals surface area (Å²) in [6.45, 7) is 6.12. The topological polar surface area (TPSA) is 92.3 Å². The number of rotatable bonds is 8. The van der Waals surface area contributed by atoms with E-state index in [2.05, 4.69) is 20.2 Å². The molecule has 0 aliphatic carbocycles. The molecule has 1 aliphatic rings. The fourth-order valence-electron chi connectivity index (χ4n) is 4.63. The normalized spacial score (nSPS) is 15.9. The third-order valence-corrected chi connectivity index (χ3v) is 8.36. The van der Waals surface area contributed by atoms with E-state index in [1.165, 1.54) is 25.3 Å². The van der Waals surface area contributed by atoms with Gasteiger partial charge in [0, 0.05) is 25.5 Å². The van der Waals surface area contributed by atoms with Crippen molar-refractivity contribution in [3.8, 4) is 0 Å². The summed E-state index contributed by atoms with van der Waals surface area (Å²) in [5.74, 6) is -1.37. The number of nitrogens with one attached hydrogen (secondary N) is 1. The molecule has 1 amide bonds. The molecule has 0 saturated carbocycles. The Morgan fingerprint density at radius 3 is 2.41 bits per heavy atom. The largest absolute Gasteiger partial charge is 0.416 e. The van der Waals surface area contributed by atoms with Crippen LogP contribution >= 0.6 is 0 Å². The van der Waals surface area contributed by atoms with Crippen LogP contribution in [-0.4, -0.2) is 34.9 Å². The summed E-state index contributed by atoms with van der Waals surface area (Å²) >= 11 is 0. The van der Waals surface area contributed by atoms with Crippen molar-refractivity contribution in [3.05, 3.63) is 88.3 Å². The Bertz CT molecular complexity index is 1480. The zero-order valence-electron chi connectivity index (χ0n) is 21.6. The van der Waals surface area contributed by atoms with Gasteiger partial charge in [-0.3, -0.25) is 19.7 Å². The van der Waals surface area contributed by atoms with Crippen LogP contribution < -0.4 is 5.32 Å². The summed E-state index contributed by atoms with van der Waals surface area (Å²) in [7, 11) is -3.61. The van der Waals surface area contributed by atoms with Gasteiger partial charge in [-0.2, -0.15) is 13.2 Å². The quantitative estimate of drug-likeness (QED) is 0.384. The fraction of sp³-hybridized carbons (Fsp3) is 0.370. The number of carbonyl (C=O) groups is 1. The molecule has 1 unspecified atom stereocenters. The first kappa shape index (κ1) is 28.6. The molecule has 12 heteroatoms. The van der Waals surface area contributed by atoms with E-state index in [1.54, 1.807) is 6.07 Å². The standard InChI is InChI=1S/C27H28F4N4O3S/c1-4-39(37,38)21-10-22(28)23(32-12-21)13-34-26(36)18-9-19-15-35(25(16(2)3)24(19)33-11-18)14-17-5-7-20(8-6-17)27(29,30)31/h5-12,16,25H,4,13-15H2,1-3H3,(H,34,36). The number of carbonyl (C=O) groups excluding carboxylic acids is 1. The second-order valence-corrected chi connectivity index (χ2v) is 12.0. The monoisotopic (exact) mass is 564 g/mol. The minimum absolute atomic E-state index is 0.0874. The zero-order chi connectivity index (χ0) is 28.5. The third kappa shape index (κ3) is 6.27. The summed E-state index contributed by atoms with van der Waals surface area (Å²) < 4.78 is 77.0. The number of halogens is 4. The second kappa shape index (κ2) is 11.0. The van der Waals surface area contributed by atoms with Gasteiger partial charge in [0.1, 0.15) is 5.82 Å². The van der Waals surface area contributed by atoms with Crippen LogP contribution in [0.4, 0.5) is 17.6 Å². The lowest BCUT2D eigenvalue weighted by Crippen LogP contribution is -2.26. The molecule has 1 aromatic carbocycles. The van der Waals surface area contributed by atoms with Crippen molar-refractivity contribution in [2.75, 3.05) is 5.75 Å². The number of fused-ring (bicyclic) bond motifs is 1. The Morgan fingerprint density at radius 1 is 1.13 bits per heavy atom. The van der Waals surface area contributed by atoms with E-state index < -0.39 is 33.3 Å². The van der Waals surface area contributed by atoms with E-state index in [9.17, 15) is 30.8 Å². The Balaban J connectivity index is 1.46. The van der Waals surface area contributed by atoms with Gasteiger partial charge in [-0.25, -0.2) is 12.8 Å². The van der Waals surface area contributed by atoms with E-state index in [0.29, 0.717) is 13.1 Å². The Labute approximate surface area is 224 Å². The number of sulfone groups is 1. The van der Waals surface area contributed by atoms with Gasteiger partial charge >= 0.3 is 6.18 Å². The average Bonchev–Trinajstić information content (AvgIpc) is 3.24. The van der Waals surface area contributed by atoms with Crippen LogP contribution in [0.3, 0.4) is 0 Å². The molecule has 4 rings (SSSR count). The molecule has 39 heavy (non-hydrogen) atoms. The maximum absolute atomic E-state index is 14.4. The van der Waals surface area contributed by atoms with Crippen LogP contribution in [-0.2, 0) is 35.6 Å². The minimum atomic E-state index is -4.40. The van der Waals surface area contributed by atoms with Gasteiger partial charge in [0.2, 0.25) is 0 Å². The lowest BCUT2D eigenvalue weighted by molar-refractivity contribution is -0.137. The molecule has 0 bridgehead atoms. The number of hydrogen-bond acceptors (Lipinski definition) is 6. The van der Waals surface area contributed by atoms with Crippen molar-refractivity contribution in [2.24, 2.45) is 5.92 Å². The van der Waals surface area contributed by atoms with Gasteiger partial charge in [-0.15, -0.1) is 0 Å². The van der Waals surface area contributed by atoms with Gasteiger partial charge < -0.3 is 5.32 Å². The highest BCUT2D eigenvalue weighted by Gasteiger charge is 2.35. The molecule has 0 fully saturated rings. The molecule has 1 atom stereocenters. The number of aromatic nitrogens is 2. The number of pyridine rings is 2. The van der Waals surface area contributed by atoms with E-state index in [-0.39, 0.29) is 40.4 Å². The van der Waals surface area contributed by atoms with Gasteiger partial charge in [-0.05, 0) is 41.3 Å². The van der Waals surface area contributed by atoms with Gasteiger partial charge in [0.05, 0.1) is 45.7 Å². The molecule has 208 valence electrons. The number of alkyl halides is 3. The minimum Gasteiger partial charge on any atom is -0.346 e. The summed E-state index contributed by atoms with van der Waals surface area (Å²) in [6, 6.07) is 7.58. The molecule has 3 heterocycles. The smallest absolute Gasteiger partial charge is 0.346 e. The van der Waals surface area contributed by atoms with Crippen LogP contribution in [0, 0.1) is 11.7 Å². The number of benzene rings is 1. The zero-order valence-corrected chi connectivity index (χ0v) is 22.4. The number of amides is 1. The summed E-state index contributed by atoms with van der Waals surface area (Å²) in [4.78, 5) is 23.1. The molecule has 3 aromatic rings. The van der Waals surface area contributed by atoms with Crippen molar-refractivity contribution in [1.82, 2.24) is 20.2 Å². The Hall–Kier alpha value is -3.38. The van der Waals surface area contributed by atoms with Crippen LogP contribution in [0.2, 0.25) is 0 Å². The SMILES string of the molecule is CCS(=O)(=O)c1cnc(CNC(=O)c2cnc3c(c2)CN(Cc2ccc(C(F)(F)F)cc2)C3C(C)C)c(F)c1. The fourth-order valence-corrected chi connectivity index (χ4v) is 5.46. The molecular formula is C27H28F4N4O3S. The molecule has 0 radical (unpaired) electrons. The average molecular weight is 565 g/mol. The predicted molar refractivity (Wildman–Crippen MR) is 136 cm³/mol. The third-order valence-electron chi connectivity index (χ3n) is 6.66. The van der Waals surface area contributed by atoms with Crippen LogP contribution in [0.15, 0.2) is 53.7 Å². The maximum atomic E-state index is 14.4. The predicted octanol–water partition coefficient (Wildman–Crippen LogP) is 5.07. The maximum Gasteiger partial charge on any atom is 0.416 e. The first-order valence-corrected chi connectivity index (χ1v) is 14.0.